The van der Waals surface area contributed by atoms with E-state index >= 15 is 0 Å². The molecule has 1 N–H and O–H groups in total. The van der Waals surface area contributed by atoms with Crippen LogP contribution in [0.1, 0.15) is 15.9 Å². The molecule has 2 rings (SSSR count). The molecule has 7 heteroatoms. The summed E-state index contributed by atoms with van der Waals surface area (Å²) in [5, 5.41) is 2.69. The van der Waals surface area contributed by atoms with Crippen LogP contribution in [0.4, 0.5) is 0 Å². The molecule has 6 nitrogen and oxygen atoms in total. The quantitative estimate of drug-likeness (QED) is 0.763. The van der Waals surface area contributed by atoms with Gasteiger partial charge in [-0.15, -0.1) is 0 Å². The van der Waals surface area contributed by atoms with E-state index in [-0.39, 0.29) is 12.3 Å². The Morgan fingerprint density at radius 1 is 1.25 bits per heavy atom. The molecule has 2 aromatic rings. The number of amides is 1. The molecule has 24 heavy (non-hydrogen) atoms. The van der Waals surface area contributed by atoms with Gasteiger partial charge in [-0.1, -0.05) is 28.1 Å². The van der Waals surface area contributed by atoms with Crippen LogP contribution in [0.25, 0.3) is 0 Å². The lowest BCUT2D eigenvalue weighted by Crippen LogP contribution is -2.43. The number of aromatic nitrogens is 1. The van der Waals surface area contributed by atoms with E-state index in [9.17, 15) is 9.59 Å². The lowest BCUT2D eigenvalue weighted by atomic mass is 10.1. The first kappa shape index (κ1) is 17.9. The van der Waals surface area contributed by atoms with Crippen LogP contribution in [-0.4, -0.2) is 37.1 Å². The van der Waals surface area contributed by atoms with Gasteiger partial charge in [0.1, 0.15) is 6.04 Å². The number of benzene rings is 1. The molecule has 1 aromatic heterocycles. The van der Waals surface area contributed by atoms with E-state index in [1.807, 2.05) is 6.07 Å². The van der Waals surface area contributed by atoms with E-state index in [4.69, 9.17) is 9.47 Å². The van der Waals surface area contributed by atoms with Crippen molar-refractivity contribution in [2.45, 2.75) is 12.5 Å². The zero-order chi connectivity index (χ0) is 17.5. The number of ether oxygens (including phenoxy) is 2. The van der Waals surface area contributed by atoms with Crippen molar-refractivity contribution in [1.29, 1.82) is 0 Å². The molecule has 1 aromatic carbocycles. The van der Waals surface area contributed by atoms with Crippen LogP contribution in [0.3, 0.4) is 0 Å². The largest absolute Gasteiger partial charge is 0.481 e. The predicted octanol–water partition coefficient (Wildman–Crippen LogP) is 2.37. The Labute approximate surface area is 148 Å². The van der Waals surface area contributed by atoms with Crippen molar-refractivity contribution in [3.63, 3.8) is 0 Å². The second kappa shape index (κ2) is 8.44. The minimum atomic E-state index is -0.809. The van der Waals surface area contributed by atoms with Crippen molar-refractivity contribution in [2.75, 3.05) is 14.2 Å². The standard InChI is InChI=1S/C17H17BrN2O4/c1-23-15-7-6-11(10-19-15)8-14(17(22)24-2)20-16(21)12-4-3-5-13(18)9-12/h3-7,9-10,14H,8H2,1-2H3,(H,20,21)/t14-/m1/s1. The summed E-state index contributed by atoms with van der Waals surface area (Å²) in [6, 6.07) is 9.59. The van der Waals surface area contributed by atoms with Crippen molar-refractivity contribution in [3.05, 3.63) is 58.2 Å². The smallest absolute Gasteiger partial charge is 0.328 e. The van der Waals surface area contributed by atoms with Crippen LogP contribution in [0.2, 0.25) is 0 Å². The molecule has 0 aliphatic rings. The Bertz CT molecular complexity index is 719. The van der Waals surface area contributed by atoms with Crippen molar-refractivity contribution in [2.24, 2.45) is 0 Å². The van der Waals surface area contributed by atoms with E-state index in [0.717, 1.165) is 10.0 Å². The average Bonchev–Trinajstić information content (AvgIpc) is 2.61. The summed E-state index contributed by atoms with van der Waals surface area (Å²) in [7, 11) is 2.81. The summed E-state index contributed by atoms with van der Waals surface area (Å²) in [5.74, 6) is -0.395. The molecule has 0 saturated carbocycles. The summed E-state index contributed by atoms with van der Waals surface area (Å²) >= 11 is 3.31. The van der Waals surface area contributed by atoms with Gasteiger partial charge in [-0.25, -0.2) is 9.78 Å². The maximum atomic E-state index is 12.3. The summed E-state index contributed by atoms with van der Waals surface area (Å²) in [6.07, 6.45) is 1.86. The topological polar surface area (TPSA) is 77.5 Å². The lowest BCUT2D eigenvalue weighted by molar-refractivity contribution is -0.142. The first-order valence-corrected chi connectivity index (χ1v) is 7.96. The summed E-state index contributed by atoms with van der Waals surface area (Å²) < 4.78 is 10.6. The van der Waals surface area contributed by atoms with E-state index < -0.39 is 12.0 Å². The van der Waals surface area contributed by atoms with Gasteiger partial charge in [0.15, 0.2) is 0 Å². The molecule has 0 bridgehead atoms. The van der Waals surface area contributed by atoms with E-state index in [1.54, 1.807) is 36.5 Å². The highest BCUT2D eigenvalue weighted by atomic mass is 79.9. The van der Waals surface area contributed by atoms with Gasteiger partial charge in [0.2, 0.25) is 5.88 Å². The summed E-state index contributed by atoms with van der Waals surface area (Å²) in [4.78, 5) is 28.4. The van der Waals surface area contributed by atoms with Gasteiger partial charge in [-0.2, -0.15) is 0 Å². The number of carbonyl (C=O) groups is 2. The average molecular weight is 393 g/mol. The number of pyridine rings is 1. The Hall–Kier alpha value is -2.41. The second-order valence-electron chi connectivity index (χ2n) is 4.97. The van der Waals surface area contributed by atoms with Crippen molar-refractivity contribution >= 4 is 27.8 Å². The highest BCUT2D eigenvalue weighted by Gasteiger charge is 2.23. The van der Waals surface area contributed by atoms with Crippen LogP contribution in [0.5, 0.6) is 5.88 Å². The minimum Gasteiger partial charge on any atom is -0.481 e. The van der Waals surface area contributed by atoms with Gasteiger partial charge in [-0.3, -0.25) is 4.79 Å². The maximum Gasteiger partial charge on any atom is 0.328 e. The number of hydrogen-bond donors (Lipinski definition) is 1. The normalized spacial score (nSPS) is 11.5. The Kier molecular flexibility index (Phi) is 6.31. The fourth-order valence-electron chi connectivity index (χ4n) is 2.09. The maximum absolute atomic E-state index is 12.3. The number of methoxy groups -OCH3 is 2. The third-order valence-corrected chi connectivity index (χ3v) is 3.82. The monoisotopic (exact) mass is 392 g/mol. The summed E-state index contributed by atoms with van der Waals surface area (Å²) in [6.45, 7) is 0. The van der Waals surface area contributed by atoms with E-state index in [1.165, 1.54) is 14.2 Å². The van der Waals surface area contributed by atoms with Crippen LogP contribution in [-0.2, 0) is 16.0 Å². The second-order valence-corrected chi connectivity index (χ2v) is 5.89. The fraction of sp³-hybridized carbons (Fsp3) is 0.235. The number of carbonyl (C=O) groups excluding carboxylic acids is 2. The van der Waals surface area contributed by atoms with Gasteiger partial charge < -0.3 is 14.8 Å². The van der Waals surface area contributed by atoms with Gasteiger partial charge in [0.25, 0.3) is 5.91 Å². The first-order chi connectivity index (χ1) is 11.5. The predicted molar refractivity (Wildman–Crippen MR) is 91.9 cm³/mol. The molecule has 0 saturated heterocycles. The Balaban J connectivity index is 2.12. The Morgan fingerprint density at radius 3 is 2.62 bits per heavy atom. The number of halogens is 1. The first-order valence-electron chi connectivity index (χ1n) is 7.16. The Morgan fingerprint density at radius 2 is 2.04 bits per heavy atom. The highest BCUT2D eigenvalue weighted by Crippen LogP contribution is 2.13. The lowest BCUT2D eigenvalue weighted by Gasteiger charge is -2.16. The number of nitrogens with one attached hydrogen (secondary N) is 1. The molecule has 0 radical (unpaired) electrons. The van der Waals surface area contributed by atoms with Crippen molar-refractivity contribution < 1.29 is 19.1 Å². The zero-order valence-corrected chi connectivity index (χ0v) is 14.9. The molecular formula is C17H17BrN2O4. The molecule has 1 amide bonds. The SMILES string of the molecule is COC(=O)[C@@H](Cc1ccc(OC)nc1)NC(=O)c1cccc(Br)c1. The number of nitrogens with zero attached hydrogens (tertiary/aromatic N) is 1. The fourth-order valence-corrected chi connectivity index (χ4v) is 2.49. The molecule has 0 aliphatic heterocycles. The summed E-state index contributed by atoms with van der Waals surface area (Å²) in [5.41, 5.74) is 1.23. The van der Waals surface area contributed by atoms with Gasteiger partial charge in [0, 0.05) is 28.7 Å². The third-order valence-electron chi connectivity index (χ3n) is 3.32. The number of rotatable bonds is 6. The molecule has 0 aliphatic carbocycles. The van der Waals surface area contributed by atoms with Crippen LogP contribution < -0.4 is 10.1 Å². The molecule has 0 unspecified atom stereocenters. The molecule has 1 atom stereocenters. The number of esters is 1. The van der Waals surface area contributed by atoms with Crippen LogP contribution >= 0.6 is 15.9 Å². The van der Waals surface area contributed by atoms with Crippen molar-refractivity contribution in [3.8, 4) is 5.88 Å². The third kappa shape index (κ3) is 4.79. The van der Waals surface area contributed by atoms with Gasteiger partial charge >= 0.3 is 5.97 Å². The van der Waals surface area contributed by atoms with Crippen LogP contribution in [0.15, 0.2) is 47.1 Å². The molecule has 0 spiro atoms. The molecule has 0 fully saturated rings. The van der Waals surface area contributed by atoms with Gasteiger partial charge in [0.05, 0.1) is 14.2 Å². The van der Waals surface area contributed by atoms with Crippen LogP contribution in [0, 0.1) is 0 Å². The molecule has 1 heterocycles. The molecule has 126 valence electrons. The van der Waals surface area contributed by atoms with E-state index in [0.29, 0.717) is 11.4 Å². The highest BCUT2D eigenvalue weighted by molar-refractivity contribution is 9.10. The minimum absolute atomic E-state index is 0.267. The van der Waals surface area contributed by atoms with Crippen molar-refractivity contribution in [1.82, 2.24) is 10.3 Å². The zero-order valence-electron chi connectivity index (χ0n) is 13.3. The van der Waals surface area contributed by atoms with Gasteiger partial charge in [-0.05, 0) is 23.8 Å². The molecular weight excluding hydrogens is 376 g/mol. The number of hydrogen-bond acceptors (Lipinski definition) is 5. The van der Waals surface area contributed by atoms with E-state index in [2.05, 4.69) is 26.2 Å².